The van der Waals surface area contributed by atoms with Crippen molar-refractivity contribution in [3.63, 3.8) is 0 Å². The van der Waals surface area contributed by atoms with Gasteiger partial charge in [0.15, 0.2) is 5.78 Å². The first-order chi connectivity index (χ1) is 7.98. The third kappa shape index (κ3) is 2.22. The fourth-order valence-corrected chi connectivity index (χ4v) is 3.54. The summed E-state index contributed by atoms with van der Waals surface area (Å²) in [5, 5.41) is 0. The van der Waals surface area contributed by atoms with Gasteiger partial charge in [-0.1, -0.05) is 24.6 Å². The Bertz CT molecular complexity index is 394. The van der Waals surface area contributed by atoms with Gasteiger partial charge in [0.25, 0.3) is 0 Å². The van der Waals surface area contributed by atoms with Crippen LogP contribution in [0.3, 0.4) is 0 Å². The number of carbonyl (C=O) groups excluding carboxylic acids is 1. The van der Waals surface area contributed by atoms with Crippen LogP contribution in [0.25, 0.3) is 0 Å². The number of rotatable bonds is 2. The van der Waals surface area contributed by atoms with E-state index in [0.29, 0.717) is 17.6 Å². The van der Waals surface area contributed by atoms with Crippen molar-refractivity contribution in [2.75, 3.05) is 5.88 Å². The van der Waals surface area contributed by atoms with Crippen LogP contribution in [-0.4, -0.2) is 11.7 Å². The van der Waals surface area contributed by atoms with Crippen molar-refractivity contribution in [2.45, 2.75) is 46.0 Å². The Morgan fingerprint density at radius 2 is 2.24 bits per heavy atom. The second-order valence-corrected chi connectivity index (χ2v) is 6.09. The molecule has 2 heteroatoms. The van der Waals surface area contributed by atoms with Crippen molar-refractivity contribution in [1.82, 2.24) is 0 Å². The lowest BCUT2D eigenvalue weighted by molar-refractivity contribution is -0.117. The molecule has 0 N–H and O–H groups in total. The first-order valence-electron chi connectivity index (χ1n) is 6.45. The molecule has 0 aromatic carbocycles. The second-order valence-electron chi connectivity index (χ2n) is 5.82. The summed E-state index contributed by atoms with van der Waals surface area (Å²) >= 11 is 5.88. The topological polar surface area (TPSA) is 17.1 Å². The molecule has 17 heavy (non-hydrogen) atoms. The van der Waals surface area contributed by atoms with E-state index in [2.05, 4.69) is 13.5 Å². The average Bonchev–Trinajstić information content (AvgIpc) is 2.33. The van der Waals surface area contributed by atoms with Crippen molar-refractivity contribution in [3.8, 4) is 0 Å². The van der Waals surface area contributed by atoms with E-state index in [1.54, 1.807) is 0 Å². The number of Topliss-reactive ketones (excluding diaryl/α,β-unsaturated/α-hetero) is 1. The maximum atomic E-state index is 11.8. The number of fused-ring (bicyclic) bond motifs is 1. The van der Waals surface area contributed by atoms with Gasteiger partial charge in [-0.05, 0) is 49.5 Å². The average molecular weight is 253 g/mol. The normalized spacial score (nSPS) is 33.6. The van der Waals surface area contributed by atoms with Gasteiger partial charge in [-0.2, -0.15) is 0 Å². The largest absolute Gasteiger partial charge is 0.295 e. The van der Waals surface area contributed by atoms with Crippen molar-refractivity contribution >= 4 is 17.4 Å². The molecule has 0 aliphatic heterocycles. The Labute approximate surface area is 109 Å². The standard InChI is InChI=1S/C15H21ClO/c1-10(9-16)12-4-6-15(3)7-5-14(17)11(2)13(15)8-12/h12H,1,4-9H2,2-3H3/t12-,15-/m1/s1. The monoisotopic (exact) mass is 252 g/mol. The minimum Gasteiger partial charge on any atom is -0.295 e. The zero-order valence-corrected chi connectivity index (χ0v) is 11.6. The third-order valence-electron chi connectivity index (χ3n) is 4.75. The van der Waals surface area contributed by atoms with Gasteiger partial charge in [0.1, 0.15) is 0 Å². The van der Waals surface area contributed by atoms with Crippen LogP contribution in [-0.2, 0) is 4.79 Å². The van der Waals surface area contributed by atoms with Crippen LogP contribution in [0.2, 0.25) is 0 Å². The minimum absolute atomic E-state index is 0.265. The molecule has 0 aromatic heterocycles. The van der Waals surface area contributed by atoms with Gasteiger partial charge in [-0.25, -0.2) is 0 Å². The van der Waals surface area contributed by atoms with Crippen molar-refractivity contribution in [1.29, 1.82) is 0 Å². The molecule has 1 nitrogen and oxygen atoms in total. The SMILES string of the molecule is C=C(CCl)[C@@H]1CC[C@]2(C)CCC(=O)C(C)=C2C1. The predicted molar refractivity (Wildman–Crippen MR) is 72.2 cm³/mol. The molecule has 0 unspecified atom stereocenters. The van der Waals surface area contributed by atoms with Gasteiger partial charge in [-0.3, -0.25) is 4.79 Å². The Balaban J connectivity index is 2.29. The number of ketones is 1. The van der Waals surface area contributed by atoms with Crippen LogP contribution in [0.4, 0.5) is 0 Å². The highest BCUT2D eigenvalue weighted by atomic mass is 35.5. The van der Waals surface area contributed by atoms with Crippen LogP contribution in [0.1, 0.15) is 46.0 Å². The molecular weight excluding hydrogens is 232 g/mol. The Morgan fingerprint density at radius 3 is 2.88 bits per heavy atom. The van der Waals surface area contributed by atoms with E-state index in [1.807, 2.05) is 6.92 Å². The predicted octanol–water partition coefficient (Wildman–Crippen LogP) is 4.27. The van der Waals surface area contributed by atoms with Gasteiger partial charge in [0.2, 0.25) is 0 Å². The summed E-state index contributed by atoms with van der Waals surface area (Å²) in [4.78, 5) is 11.8. The Kier molecular flexibility index (Phi) is 3.49. The molecule has 1 fully saturated rings. The van der Waals surface area contributed by atoms with Crippen LogP contribution in [0, 0.1) is 11.3 Å². The number of allylic oxidation sites excluding steroid dienone is 3. The number of halogens is 1. The fraction of sp³-hybridized carbons (Fsp3) is 0.667. The fourth-order valence-electron chi connectivity index (χ4n) is 3.32. The smallest absolute Gasteiger partial charge is 0.158 e. The maximum Gasteiger partial charge on any atom is 0.158 e. The number of hydrogen-bond acceptors (Lipinski definition) is 1. The molecule has 2 aliphatic rings. The highest BCUT2D eigenvalue weighted by Gasteiger charge is 2.40. The van der Waals surface area contributed by atoms with Crippen LogP contribution >= 0.6 is 11.6 Å². The molecule has 2 aliphatic carbocycles. The number of alkyl halides is 1. The molecule has 0 bridgehead atoms. The molecule has 0 spiro atoms. The van der Waals surface area contributed by atoms with Crippen LogP contribution < -0.4 is 0 Å². The quantitative estimate of drug-likeness (QED) is 0.530. The van der Waals surface area contributed by atoms with E-state index in [-0.39, 0.29) is 5.41 Å². The summed E-state index contributed by atoms with van der Waals surface area (Å²) in [6, 6.07) is 0. The molecule has 2 rings (SSSR count). The lowest BCUT2D eigenvalue weighted by Crippen LogP contribution is -2.34. The summed E-state index contributed by atoms with van der Waals surface area (Å²) in [7, 11) is 0. The lowest BCUT2D eigenvalue weighted by Gasteiger charge is -2.44. The summed E-state index contributed by atoms with van der Waals surface area (Å²) < 4.78 is 0. The first-order valence-corrected chi connectivity index (χ1v) is 6.98. The first kappa shape index (κ1) is 12.9. The van der Waals surface area contributed by atoms with Crippen molar-refractivity contribution in [3.05, 3.63) is 23.3 Å². The highest BCUT2D eigenvalue weighted by molar-refractivity contribution is 6.19. The zero-order valence-electron chi connectivity index (χ0n) is 10.8. The second kappa shape index (κ2) is 4.61. The van der Waals surface area contributed by atoms with Crippen LogP contribution in [0.15, 0.2) is 23.3 Å². The van der Waals surface area contributed by atoms with E-state index in [1.165, 1.54) is 18.4 Å². The van der Waals surface area contributed by atoms with Crippen LogP contribution in [0.5, 0.6) is 0 Å². The van der Waals surface area contributed by atoms with Gasteiger partial charge < -0.3 is 0 Å². The minimum atomic E-state index is 0.265. The van der Waals surface area contributed by atoms with Crippen molar-refractivity contribution in [2.24, 2.45) is 11.3 Å². The molecule has 0 saturated heterocycles. The number of hydrogen-bond donors (Lipinski definition) is 0. The molecule has 0 aromatic rings. The summed E-state index contributed by atoms with van der Waals surface area (Å²) in [6.07, 6.45) is 5.10. The molecular formula is C15H21ClO. The highest BCUT2D eigenvalue weighted by Crippen LogP contribution is 2.51. The van der Waals surface area contributed by atoms with E-state index in [9.17, 15) is 4.79 Å². The third-order valence-corrected chi connectivity index (χ3v) is 5.09. The van der Waals surface area contributed by atoms with Gasteiger partial charge in [0, 0.05) is 12.3 Å². The lowest BCUT2D eigenvalue weighted by atomic mass is 9.61. The molecule has 0 radical (unpaired) electrons. The molecule has 94 valence electrons. The van der Waals surface area contributed by atoms with Gasteiger partial charge in [-0.15, -0.1) is 11.6 Å². The Morgan fingerprint density at radius 1 is 1.53 bits per heavy atom. The van der Waals surface area contributed by atoms with E-state index < -0.39 is 0 Å². The van der Waals surface area contributed by atoms with E-state index in [4.69, 9.17) is 11.6 Å². The molecule has 1 saturated carbocycles. The molecule has 2 atom stereocenters. The Hall–Kier alpha value is -0.560. The van der Waals surface area contributed by atoms with Crippen molar-refractivity contribution < 1.29 is 4.79 Å². The summed E-state index contributed by atoms with van der Waals surface area (Å²) in [5.41, 5.74) is 3.80. The number of carbonyl (C=O) groups is 1. The molecule has 0 amide bonds. The van der Waals surface area contributed by atoms with E-state index >= 15 is 0 Å². The maximum absolute atomic E-state index is 11.8. The zero-order chi connectivity index (χ0) is 12.6. The summed E-state index contributed by atoms with van der Waals surface area (Å²) in [5.74, 6) is 1.37. The molecule has 0 heterocycles. The van der Waals surface area contributed by atoms with Gasteiger partial charge in [0.05, 0.1) is 0 Å². The summed E-state index contributed by atoms with van der Waals surface area (Å²) in [6.45, 7) is 8.38. The van der Waals surface area contributed by atoms with Gasteiger partial charge >= 0.3 is 0 Å². The van der Waals surface area contributed by atoms with E-state index in [0.717, 1.165) is 30.4 Å².